The topological polar surface area (TPSA) is 30.5 Å². The molecule has 0 saturated heterocycles. The average Bonchev–Trinajstić information content (AvgIpc) is 2.70. The van der Waals surface area contributed by atoms with E-state index in [-0.39, 0.29) is 0 Å². The van der Waals surface area contributed by atoms with Crippen molar-refractivity contribution in [2.45, 2.75) is 0 Å². The van der Waals surface area contributed by atoms with Crippen molar-refractivity contribution in [1.82, 2.24) is 0 Å². The molecule has 0 unspecified atom stereocenters. The van der Waals surface area contributed by atoms with Gasteiger partial charge in [0.2, 0.25) is 0 Å². The summed E-state index contributed by atoms with van der Waals surface area (Å²) in [4.78, 5) is 0. The molecule has 0 aliphatic heterocycles. The van der Waals surface area contributed by atoms with Crippen molar-refractivity contribution in [3.05, 3.63) is 109 Å². The van der Waals surface area contributed by atoms with Crippen molar-refractivity contribution < 1.29 is 9.47 Å². The van der Waals surface area contributed by atoms with Crippen molar-refractivity contribution in [2.75, 3.05) is 5.32 Å². The Morgan fingerprint density at radius 3 is 1.26 bits per heavy atom. The zero-order valence-corrected chi connectivity index (χ0v) is 14.7. The molecule has 0 radical (unpaired) electrons. The van der Waals surface area contributed by atoms with E-state index in [9.17, 15) is 0 Å². The Bertz CT molecular complexity index is 918. The van der Waals surface area contributed by atoms with E-state index in [1.807, 2.05) is 109 Å². The highest BCUT2D eigenvalue weighted by atomic mass is 16.5. The molecule has 4 aromatic carbocycles. The van der Waals surface area contributed by atoms with Gasteiger partial charge in [0, 0.05) is 23.5 Å². The van der Waals surface area contributed by atoms with Crippen LogP contribution in [0.15, 0.2) is 109 Å². The SMILES string of the molecule is c1ccc(Oc2cccc(Nc3cccc(Oc4ccccc4)c3)c2)cc1. The molecule has 27 heavy (non-hydrogen) atoms. The Hall–Kier alpha value is -3.72. The minimum Gasteiger partial charge on any atom is -0.457 e. The molecule has 0 atom stereocenters. The van der Waals surface area contributed by atoms with E-state index in [2.05, 4.69) is 5.32 Å². The van der Waals surface area contributed by atoms with E-state index < -0.39 is 0 Å². The van der Waals surface area contributed by atoms with Crippen molar-refractivity contribution in [1.29, 1.82) is 0 Å². The van der Waals surface area contributed by atoms with Gasteiger partial charge in [0.25, 0.3) is 0 Å². The van der Waals surface area contributed by atoms with Crippen LogP contribution in [0.25, 0.3) is 0 Å². The number of ether oxygens (including phenoxy) is 2. The van der Waals surface area contributed by atoms with Gasteiger partial charge in [0.1, 0.15) is 23.0 Å². The molecule has 4 rings (SSSR count). The van der Waals surface area contributed by atoms with E-state index in [4.69, 9.17) is 9.47 Å². The van der Waals surface area contributed by atoms with Gasteiger partial charge in [0.15, 0.2) is 0 Å². The second kappa shape index (κ2) is 8.11. The zero-order valence-electron chi connectivity index (χ0n) is 14.7. The fourth-order valence-corrected chi connectivity index (χ4v) is 2.69. The van der Waals surface area contributed by atoms with Gasteiger partial charge in [-0.05, 0) is 48.5 Å². The highest BCUT2D eigenvalue weighted by Gasteiger charge is 2.02. The monoisotopic (exact) mass is 353 g/mol. The van der Waals surface area contributed by atoms with E-state index in [1.54, 1.807) is 0 Å². The summed E-state index contributed by atoms with van der Waals surface area (Å²) in [5.74, 6) is 3.19. The molecule has 0 saturated carbocycles. The first kappa shape index (κ1) is 16.7. The fourth-order valence-electron chi connectivity index (χ4n) is 2.69. The lowest BCUT2D eigenvalue weighted by Crippen LogP contribution is -1.92. The lowest BCUT2D eigenvalue weighted by molar-refractivity contribution is 0.483. The molecule has 0 spiro atoms. The first-order valence-electron chi connectivity index (χ1n) is 8.78. The third-order valence-corrected chi connectivity index (χ3v) is 3.91. The van der Waals surface area contributed by atoms with Gasteiger partial charge in [-0.1, -0.05) is 48.5 Å². The molecular formula is C24H19NO2. The molecule has 0 aliphatic rings. The Balaban J connectivity index is 1.47. The van der Waals surface area contributed by atoms with Crippen LogP contribution in [0.1, 0.15) is 0 Å². The maximum atomic E-state index is 5.89. The van der Waals surface area contributed by atoms with Gasteiger partial charge in [-0.3, -0.25) is 0 Å². The minimum atomic E-state index is 0.780. The second-order valence-corrected chi connectivity index (χ2v) is 6.01. The zero-order chi connectivity index (χ0) is 18.3. The maximum absolute atomic E-state index is 5.89. The van der Waals surface area contributed by atoms with Gasteiger partial charge < -0.3 is 14.8 Å². The predicted octanol–water partition coefficient (Wildman–Crippen LogP) is 7.01. The van der Waals surface area contributed by atoms with Crippen LogP contribution >= 0.6 is 0 Å². The summed E-state index contributed by atoms with van der Waals surface area (Å²) in [5, 5.41) is 3.40. The Kier molecular flexibility index (Phi) is 5.02. The maximum Gasteiger partial charge on any atom is 0.129 e. The van der Waals surface area contributed by atoms with E-state index in [0.29, 0.717) is 0 Å². The van der Waals surface area contributed by atoms with Crippen molar-refractivity contribution in [3.63, 3.8) is 0 Å². The van der Waals surface area contributed by atoms with E-state index >= 15 is 0 Å². The molecule has 3 heteroatoms. The number of hydrogen-bond donors (Lipinski definition) is 1. The number of benzene rings is 4. The van der Waals surface area contributed by atoms with Crippen LogP contribution < -0.4 is 14.8 Å². The van der Waals surface area contributed by atoms with Crippen LogP contribution in [-0.4, -0.2) is 0 Å². The van der Waals surface area contributed by atoms with Crippen molar-refractivity contribution in [2.24, 2.45) is 0 Å². The summed E-state index contributed by atoms with van der Waals surface area (Å²) < 4.78 is 11.8. The van der Waals surface area contributed by atoms with Gasteiger partial charge >= 0.3 is 0 Å². The molecule has 0 aromatic heterocycles. The standard InChI is InChI=1S/C24H19NO2/c1-3-11-21(12-4-1)26-23-15-7-9-19(17-23)25-20-10-8-16-24(18-20)27-22-13-5-2-6-14-22/h1-18,25H. The molecule has 0 amide bonds. The van der Waals surface area contributed by atoms with Gasteiger partial charge in [-0.25, -0.2) is 0 Å². The van der Waals surface area contributed by atoms with Gasteiger partial charge in [-0.2, -0.15) is 0 Å². The molecule has 0 heterocycles. The highest BCUT2D eigenvalue weighted by Crippen LogP contribution is 2.28. The van der Waals surface area contributed by atoms with Crippen molar-refractivity contribution >= 4 is 11.4 Å². The lowest BCUT2D eigenvalue weighted by Gasteiger charge is -2.11. The fraction of sp³-hybridized carbons (Fsp3) is 0. The Morgan fingerprint density at radius 2 is 0.815 bits per heavy atom. The second-order valence-electron chi connectivity index (χ2n) is 6.01. The number of para-hydroxylation sites is 2. The van der Waals surface area contributed by atoms with E-state index in [0.717, 1.165) is 34.4 Å². The first-order valence-corrected chi connectivity index (χ1v) is 8.78. The normalized spacial score (nSPS) is 10.2. The molecule has 0 bridgehead atoms. The Labute approximate surface area is 158 Å². The molecule has 0 fully saturated rings. The van der Waals surface area contributed by atoms with E-state index in [1.165, 1.54) is 0 Å². The van der Waals surface area contributed by atoms with Crippen LogP contribution in [-0.2, 0) is 0 Å². The lowest BCUT2D eigenvalue weighted by atomic mass is 10.2. The first-order chi connectivity index (χ1) is 13.3. The Morgan fingerprint density at radius 1 is 0.407 bits per heavy atom. The summed E-state index contributed by atoms with van der Waals surface area (Å²) in [6.07, 6.45) is 0. The van der Waals surface area contributed by atoms with Crippen molar-refractivity contribution in [3.8, 4) is 23.0 Å². The summed E-state index contributed by atoms with van der Waals surface area (Å²) in [6, 6.07) is 35.2. The highest BCUT2D eigenvalue weighted by molar-refractivity contribution is 5.63. The molecule has 132 valence electrons. The van der Waals surface area contributed by atoms with Crippen LogP contribution in [0.3, 0.4) is 0 Å². The van der Waals surface area contributed by atoms with Gasteiger partial charge in [-0.15, -0.1) is 0 Å². The smallest absolute Gasteiger partial charge is 0.129 e. The van der Waals surface area contributed by atoms with Gasteiger partial charge in [0.05, 0.1) is 0 Å². The van der Waals surface area contributed by atoms with Crippen LogP contribution in [0.5, 0.6) is 23.0 Å². The van der Waals surface area contributed by atoms with Crippen LogP contribution in [0.2, 0.25) is 0 Å². The average molecular weight is 353 g/mol. The van der Waals surface area contributed by atoms with Crippen LogP contribution in [0, 0.1) is 0 Å². The molecule has 1 N–H and O–H groups in total. The summed E-state index contributed by atoms with van der Waals surface area (Å²) in [5.41, 5.74) is 1.89. The third-order valence-electron chi connectivity index (χ3n) is 3.91. The largest absolute Gasteiger partial charge is 0.457 e. The summed E-state index contributed by atoms with van der Waals surface area (Å²) in [6.45, 7) is 0. The molecular weight excluding hydrogens is 334 g/mol. The number of anilines is 2. The van der Waals surface area contributed by atoms with Crippen LogP contribution in [0.4, 0.5) is 11.4 Å². The summed E-state index contributed by atoms with van der Waals surface area (Å²) >= 11 is 0. The molecule has 0 aliphatic carbocycles. The minimum absolute atomic E-state index is 0.780. The quantitative estimate of drug-likeness (QED) is 0.404. The number of rotatable bonds is 6. The summed E-state index contributed by atoms with van der Waals surface area (Å²) in [7, 11) is 0. The third kappa shape index (κ3) is 4.67. The number of nitrogens with one attached hydrogen (secondary N) is 1. The molecule has 3 nitrogen and oxygen atoms in total. The molecule has 4 aromatic rings. The number of hydrogen-bond acceptors (Lipinski definition) is 3. The predicted molar refractivity (Wildman–Crippen MR) is 109 cm³/mol.